The first kappa shape index (κ1) is 17.4. The van der Waals surface area contributed by atoms with Crippen molar-refractivity contribution in [3.05, 3.63) is 44.4 Å². The van der Waals surface area contributed by atoms with Crippen LogP contribution >= 0.6 is 22.9 Å². The first-order valence-corrected chi connectivity index (χ1v) is 8.31. The number of nitrogens with zero attached hydrogens (tertiary/aromatic N) is 2. The number of rotatable bonds is 4. The van der Waals surface area contributed by atoms with Gasteiger partial charge in [0.1, 0.15) is 4.88 Å². The van der Waals surface area contributed by atoms with Crippen LogP contribution < -0.4 is 5.32 Å². The second-order valence-corrected chi connectivity index (χ2v) is 6.71. The van der Waals surface area contributed by atoms with Crippen molar-refractivity contribution in [3.8, 4) is 0 Å². The third kappa shape index (κ3) is 3.89. The summed E-state index contributed by atoms with van der Waals surface area (Å²) in [5.41, 5.74) is 1.57. The average molecular weight is 352 g/mol. The molecule has 23 heavy (non-hydrogen) atoms. The van der Waals surface area contributed by atoms with Crippen molar-refractivity contribution in [1.82, 2.24) is 9.88 Å². The zero-order chi connectivity index (χ0) is 17.1. The molecule has 1 aromatic heterocycles. The highest BCUT2D eigenvalue weighted by atomic mass is 35.5. The molecule has 0 bridgehead atoms. The molecule has 0 unspecified atom stereocenters. The number of nitrogens with one attached hydrogen (secondary N) is 1. The lowest BCUT2D eigenvalue weighted by molar-refractivity contribution is 0.0827. The number of carbonyl (C=O) groups is 2. The van der Waals surface area contributed by atoms with Crippen LogP contribution in [0.15, 0.2) is 18.2 Å². The van der Waals surface area contributed by atoms with Gasteiger partial charge in [0, 0.05) is 19.7 Å². The van der Waals surface area contributed by atoms with Gasteiger partial charge in [0.05, 0.1) is 21.4 Å². The molecule has 2 rings (SSSR count). The van der Waals surface area contributed by atoms with E-state index in [1.807, 2.05) is 6.92 Å². The Morgan fingerprint density at radius 2 is 2.04 bits per heavy atom. The predicted octanol–water partition coefficient (Wildman–Crippen LogP) is 3.62. The van der Waals surface area contributed by atoms with E-state index in [9.17, 15) is 9.59 Å². The van der Waals surface area contributed by atoms with Gasteiger partial charge >= 0.3 is 0 Å². The maximum absolute atomic E-state index is 12.4. The van der Waals surface area contributed by atoms with E-state index in [2.05, 4.69) is 10.3 Å². The molecule has 7 heteroatoms. The second-order valence-electron chi connectivity index (χ2n) is 5.22. The molecule has 2 aromatic rings. The van der Waals surface area contributed by atoms with Gasteiger partial charge < -0.3 is 10.2 Å². The maximum atomic E-state index is 12.4. The molecule has 0 saturated heterocycles. The first-order valence-electron chi connectivity index (χ1n) is 7.12. The predicted molar refractivity (Wildman–Crippen MR) is 93.7 cm³/mol. The highest BCUT2D eigenvalue weighted by Crippen LogP contribution is 2.26. The smallest absolute Gasteiger partial charge is 0.267 e. The van der Waals surface area contributed by atoms with Crippen molar-refractivity contribution in [2.24, 2.45) is 0 Å². The van der Waals surface area contributed by atoms with Gasteiger partial charge in [-0.25, -0.2) is 4.98 Å². The van der Waals surface area contributed by atoms with Gasteiger partial charge in [0.2, 0.25) is 0 Å². The Balaban J connectivity index is 2.28. The fourth-order valence-corrected chi connectivity index (χ4v) is 3.07. The molecule has 0 aliphatic rings. The summed E-state index contributed by atoms with van der Waals surface area (Å²) in [5, 5.41) is 4.06. The van der Waals surface area contributed by atoms with E-state index in [1.54, 1.807) is 39.2 Å². The van der Waals surface area contributed by atoms with Crippen LogP contribution in [-0.4, -0.2) is 35.8 Å². The SMILES string of the molecule is CCc1nc(C)c(C(=O)Nc2cc(C(=O)N(C)C)ccc2Cl)s1. The first-order chi connectivity index (χ1) is 10.8. The van der Waals surface area contributed by atoms with E-state index in [0.29, 0.717) is 26.8 Å². The Morgan fingerprint density at radius 1 is 1.35 bits per heavy atom. The van der Waals surface area contributed by atoms with Gasteiger partial charge in [-0.3, -0.25) is 9.59 Å². The standard InChI is InChI=1S/C16H18ClN3O2S/c1-5-13-18-9(2)14(23-13)15(21)19-12-8-10(6-7-11(12)17)16(22)20(3)4/h6-8H,5H2,1-4H3,(H,19,21). The number of hydrogen-bond donors (Lipinski definition) is 1. The van der Waals surface area contributed by atoms with E-state index in [1.165, 1.54) is 16.2 Å². The van der Waals surface area contributed by atoms with Gasteiger partial charge in [-0.1, -0.05) is 18.5 Å². The van der Waals surface area contributed by atoms with Crippen molar-refractivity contribution in [1.29, 1.82) is 0 Å². The third-order valence-corrected chi connectivity index (χ3v) is 4.85. The summed E-state index contributed by atoms with van der Waals surface area (Å²) in [7, 11) is 3.34. The van der Waals surface area contributed by atoms with Gasteiger partial charge in [0.25, 0.3) is 11.8 Å². The van der Waals surface area contributed by atoms with Gasteiger partial charge in [-0.05, 0) is 31.5 Å². The van der Waals surface area contributed by atoms with E-state index in [4.69, 9.17) is 11.6 Å². The molecular formula is C16H18ClN3O2S. The molecule has 122 valence electrons. The Morgan fingerprint density at radius 3 is 2.61 bits per heavy atom. The number of hydrogen-bond acceptors (Lipinski definition) is 4. The minimum atomic E-state index is -0.268. The Kier molecular flexibility index (Phi) is 5.38. The largest absolute Gasteiger partial charge is 0.345 e. The molecular weight excluding hydrogens is 334 g/mol. The fraction of sp³-hybridized carbons (Fsp3) is 0.312. The van der Waals surface area contributed by atoms with Crippen molar-refractivity contribution in [2.75, 3.05) is 19.4 Å². The van der Waals surface area contributed by atoms with E-state index < -0.39 is 0 Å². The number of aromatic nitrogens is 1. The van der Waals surface area contributed by atoms with E-state index in [-0.39, 0.29) is 11.8 Å². The lowest BCUT2D eigenvalue weighted by Crippen LogP contribution is -2.22. The molecule has 0 aliphatic carbocycles. The number of carbonyl (C=O) groups excluding carboxylic acids is 2. The van der Waals surface area contributed by atoms with E-state index in [0.717, 1.165) is 11.4 Å². The van der Waals surface area contributed by atoms with Crippen LogP contribution in [-0.2, 0) is 6.42 Å². The van der Waals surface area contributed by atoms with Gasteiger partial charge in [-0.2, -0.15) is 0 Å². The van der Waals surface area contributed by atoms with Crippen LogP contribution in [0.4, 0.5) is 5.69 Å². The zero-order valence-electron chi connectivity index (χ0n) is 13.4. The molecule has 0 radical (unpaired) electrons. The van der Waals surface area contributed by atoms with Crippen LogP contribution in [0, 0.1) is 6.92 Å². The molecule has 0 aliphatic heterocycles. The molecule has 0 saturated carbocycles. The molecule has 2 amide bonds. The molecule has 1 N–H and O–H groups in total. The monoisotopic (exact) mass is 351 g/mol. The number of halogens is 1. The molecule has 0 atom stereocenters. The Bertz CT molecular complexity index is 756. The number of benzene rings is 1. The van der Waals surface area contributed by atoms with Gasteiger partial charge in [0.15, 0.2) is 0 Å². The minimum absolute atomic E-state index is 0.153. The number of anilines is 1. The van der Waals surface area contributed by atoms with Crippen LogP contribution in [0.5, 0.6) is 0 Å². The van der Waals surface area contributed by atoms with Crippen molar-refractivity contribution < 1.29 is 9.59 Å². The van der Waals surface area contributed by atoms with Crippen LogP contribution in [0.2, 0.25) is 5.02 Å². The molecule has 0 fully saturated rings. The van der Waals surface area contributed by atoms with Crippen molar-refractivity contribution in [2.45, 2.75) is 20.3 Å². The highest BCUT2D eigenvalue weighted by molar-refractivity contribution is 7.13. The van der Waals surface area contributed by atoms with Crippen LogP contribution in [0.25, 0.3) is 0 Å². The fourth-order valence-electron chi connectivity index (χ4n) is 2.01. The van der Waals surface area contributed by atoms with Crippen molar-refractivity contribution in [3.63, 3.8) is 0 Å². The zero-order valence-corrected chi connectivity index (χ0v) is 15.0. The summed E-state index contributed by atoms with van der Waals surface area (Å²) in [6.07, 6.45) is 0.784. The summed E-state index contributed by atoms with van der Waals surface area (Å²) in [5.74, 6) is -0.421. The summed E-state index contributed by atoms with van der Waals surface area (Å²) in [6, 6.07) is 4.82. The van der Waals surface area contributed by atoms with E-state index >= 15 is 0 Å². The van der Waals surface area contributed by atoms with Gasteiger partial charge in [-0.15, -0.1) is 11.3 Å². The lowest BCUT2D eigenvalue weighted by Gasteiger charge is -2.12. The highest BCUT2D eigenvalue weighted by Gasteiger charge is 2.17. The van der Waals surface area contributed by atoms with Crippen LogP contribution in [0.3, 0.4) is 0 Å². The average Bonchev–Trinajstić information content (AvgIpc) is 2.89. The Labute approximate surface area is 144 Å². The molecule has 1 heterocycles. The van der Waals surface area contributed by atoms with Crippen molar-refractivity contribution >= 4 is 40.4 Å². The normalized spacial score (nSPS) is 10.5. The summed E-state index contributed by atoms with van der Waals surface area (Å²) >= 11 is 7.50. The minimum Gasteiger partial charge on any atom is -0.345 e. The maximum Gasteiger partial charge on any atom is 0.267 e. The summed E-state index contributed by atoms with van der Waals surface area (Å²) in [4.78, 5) is 30.8. The quantitative estimate of drug-likeness (QED) is 0.915. The van der Waals surface area contributed by atoms with Crippen LogP contribution in [0.1, 0.15) is 37.7 Å². The lowest BCUT2D eigenvalue weighted by atomic mass is 10.1. The Hall–Kier alpha value is -1.92. The number of aryl methyl sites for hydroxylation is 2. The molecule has 0 spiro atoms. The topological polar surface area (TPSA) is 62.3 Å². The molecule has 5 nitrogen and oxygen atoms in total. The second kappa shape index (κ2) is 7.10. The summed E-state index contributed by atoms with van der Waals surface area (Å²) in [6.45, 7) is 3.80. The summed E-state index contributed by atoms with van der Waals surface area (Å²) < 4.78 is 0. The third-order valence-electron chi connectivity index (χ3n) is 3.22. The molecule has 1 aromatic carbocycles. The number of amides is 2. The number of thiazole rings is 1.